The molecule has 1 unspecified atom stereocenters. The van der Waals surface area contributed by atoms with Gasteiger partial charge in [0.15, 0.2) is 0 Å². The van der Waals surface area contributed by atoms with Crippen LogP contribution in [0.25, 0.3) is 0 Å². The van der Waals surface area contributed by atoms with Crippen LogP contribution in [0, 0.1) is 0 Å². The fourth-order valence-corrected chi connectivity index (χ4v) is 0. The van der Waals surface area contributed by atoms with E-state index in [-0.39, 0.29) is 88.7 Å². The Morgan fingerprint density at radius 1 is 1.29 bits per heavy atom. The molecule has 1 N–H and O–H groups in total. The zero-order valence-electron chi connectivity index (χ0n) is 4.93. The first-order valence-corrected chi connectivity index (χ1v) is 1.29. The van der Waals surface area contributed by atoms with E-state index in [4.69, 9.17) is 9.90 Å². The van der Waals surface area contributed by atoms with E-state index in [0.29, 0.717) is 0 Å². The molecule has 0 aliphatic rings. The number of carboxylic acid groups (broad SMARTS) is 1. The second kappa shape index (κ2) is 16.0. The molecule has 1 atom stereocenters. The Labute approximate surface area is 111 Å². The predicted octanol–water partition coefficient (Wildman–Crippen LogP) is -0.603. The standard InChI is InChI=1S/CH3O2P.3Na/c2-1(3)4;;;/h4H2,(H,2,3);;;. The van der Waals surface area contributed by atoms with Gasteiger partial charge >= 0.3 is 5.71 Å². The first kappa shape index (κ1) is 22.5. The molecule has 6 heteroatoms. The molecule has 0 fully saturated rings. The Morgan fingerprint density at radius 2 is 1.29 bits per heavy atom. The number of rotatable bonds is 0. The van der Waals surface area contributed by atoms with Gasteiger partial charge in [-0.3, -0.25) is 0 Å². The van der Waals surface area contributed by atoms with Gasteiger partial charge in [0.1, 0.15) is 0 Å². The van der Waals surface area contributed by atoms with Crippen molar-refractivity contribution < 1.29 is 9.90 Å². The van der Waals surface area contributed by atoms with Crippen molar-refractivity contribution in [3.63, 3.8) is 0 Å². The van der Waals surface area contributed by atoms with E-state index < -0.39 is 5.71 Å². The van der Waals surface area contributed by atoms with Crippen molar-refractivity contribution in [3.8, 4) is 0 Å². The fraction of sp³-hybridized carbons (Fsp3) is 0. The summed E-state index contributed by atoms with van der Waals surface area (Å²) in [6.07, 6.45) is 0. The fourth-order valence-electron chi connectivity index (χ4n) is 0. The molecule has 0 saturated heterocycles. The molecule has 0 heterocycles. The summed E-state index contributed by atoms with van der Waals surface area (Å²) in [5, 5.41) is 7.38. The zero-order valence-corrected chi connectivity index (χ0v) is 12.1. The third-order valence-electron chi connectivity index (χ3n) is 0. The summed E-state index contributed by atoms with van der Waals surface area (Å²) >= 11 is 0. The molecule has 0 aromatic rings. The Hall–Kier alpha value is 2.90. The maximum absolute atomic E-state index is 8.96. The summed E-state index contributed by atoms with van der Waals surface area (Å²) in [5.41, 5.74) is -0.917. The minimum Gasteiger partial charge on any atom is -0.479 e. The van der Waals surface area contributed by atoms with Crippen LogP contribution in [0.3, 0.4) is 0 Å². The van der Waals surface area contributed by atoms with Crippen molar-refractivity contribution in [2.45, 2.75) is 0 Å². The van der Waals surface area contributed by atoms with Crippen LogP contribution in [0.4, 0.5) is 4.79 Å². The van der Waals surface area contributed by atoms with Crippen molar-refractivity contribution in [3.05, 3.63) is 0 Å². The molecule has 0 bridgehead atoms. The summed E-state index contributed by atoms with van der Waals surface area (Å²) in [5.74, 6) is 0. The third kappa shape index (κ3) is 50.4. The van der Waals surface area contributed by atoms with Gasteiger partial charge in [0.2, 0.25) is 0 Å². The van der Waals surface area contributed by atoms with Crippen LogP contribution in [0.2, 0.25) is 0 Å². The molecule has 0 aromatic heterocycles. The van der Waals surface area contributed by atoms with Gasteiger partial charge in [0.25, 0.3) is 0 Å². The monoisotopic (exact) mass is 147 g/mol. The molecule has 0 saturated carbocycles. The molecule has 27 valence electrons. The molecule has 0 aromatic carbocycles. The maximum atomic E-state index is 8.96. The second-order valence-corrected chi connectivity index (χ2v) is 0.832. The van der Waals surface area contributed by atoms with E-state index >= 15 is 0 Å². The van der Waals surface area contributed by atoms with Crippen molar-refractivity contribution in [1.82, 2.24) is 0 Å². The molecule has 0 spiro atoms. The van der Waals surface area contributed by atoms with E-state index in [9.17, 15) is 0 Å². The Bertz CT molecular complexity index is 35.9. The average Bonchev–Trinajstić information content (AvgIpc) is 0.811. The van der Waals surface area contributed by atoms with Gasteiger partial charge in [-0.15, -0.1) is 0 Å². The molecular formula is CH3Na3O2P. The van der Waals surface area contributed by atoms with Crippen molar-refractivity contribution in [1.29, 1.82) is 0 Å². The quantitative estimate of drug-likeness (QED) is 0.366. The SMILES string of the molecule is O=C(O)P.[Na].[Na].[Na]. The van der Waals surface area contributed by atoms with Crippen molar-refractivity contribution in [2.24, 2.45) is 0 Å². The Morgan fingerprint density at radius 3 is 1.29 bits per heavy atom. The minimum atomic E-state index is -0.917. The number of carbonyl (C=O) groups is 1. The predicted molar refractivity (Wildman–Crippen MR) is 35.0 cm³/mol. The summed E-state index contributed by atoms with van der Waals surface area (Å²) in [6, 6.07) is 0. The molecule has 3 radical (unpaired) electrons. The van der Waals surface area contributed by atoms with Gasteiger partial charge < -0.3 is 5.11 Å². The first-order valence-electron chi connectivity index (χ1n) is 0.716. The minimum absolute atomic E-state index is 0. The van der Waals surface area contributed by atoms with E-state index in [0.717, 1.165) is 0 Å². The second-order valence-electron chi connectivity index (χ2n) is 0.338. The van der Waals surface area contributed by atoms with E-state index in [1.165, 1.54) is 0 Å². The van der Waals surface area contributed by atoms with Gasteiger partial charge in [0.05, 0.1) is 0 Å². The summed E-state index contributed by atoms with van der Waals surface area (Å²) < 4.78 is 0. The van der Waals surface area contributed by atoms with Crippen LogP contribution < -0.4 is 0 Å². The van der Waals surface area contributed by atoms with Gasteiger partial charge in [-0.05, 0) is 9.24 Å². The number of hydrogen-bond donors (Lipinski definition) is 1. The summed E-state index contributed by atoms with van der Waals surface area (Å²) in [4.78, 5) is 8.96. The molecule has 0 aliphatic carbocycles. The van der Waals surface area contributed by atoms with Gasteiger partial charge in [-0.25, -0.2) is 4.79 Å². The summed E-state index contributed by atoms with van der Waals surface area (Å²) in [7, 11) is 1.57. The van der Waals surface area contributed by atoms with E-state index in [1.54, 1.807) is 9.24 Å². The molecule has 0 rings (SSSR count). The van der Waals surface area contributed by atoms with Gasteiger partial charge in [-0.2, -0.15) is 0 Å². The van der Waals surface area contributed by atoms with Gasteiger partial charge in [-0.1, -0.05) is 0 Å². The topological polar surface area (TPSA) is 37.3 Å². The van der Waals surface area contributed by atoms with Crippen molar-refractivity contribution >= 4 is 104 Å². The van der Waals surface area contributed by atoms with Crippen LogP contribution in [-0.4, -0.2) is 99.5 Å². The Kier molecular flexibility index (Phi) is 51.4. The average molecular weight is 147 g/mol. The van der Waals surface area contributed by atoms with Crippen LogP contribution in [0.1, 0.15) is 0 Å². The Balaban J connectivity index is -0.0000000150. The smallest absolute Gasteiger partial charge is 0.317 e. The summed E-state index contributed by atoms with van der Waals surface area (Å²) in [6.45, 7) is 0. The molecule has 0 aliphatic heterocycles. The first-order chi connectivity index (χ1) is 1.73. The largest absolute Gasteiger partial charge is 0.479 e. The van der Waals surface area contributed by atoms with Crippen LogP contribution in [0.15, 0.2) is 0 Å². The molecular weight excluding hydrogens is 144 g/mol. The van der Waals surface area contributed by atoms with E-state index in [1.807, 2.05) is 0 Å². The van der Waals surface area contributed by atoms with Crippen LogP contribution >= 0.6 is 9.24 Å². The maximum Gasteiger partial charge on any atom is 0.317 e. The van der Waals surface area contributed by atoms with E-state index in [2.05, 4.69) is 0 Å². The van der Waals surface area contributed by atoms with Crippen molar-refractivity contribution in [2.75, 3.05) is 0 Å². The molecule has 7 heavy (non-hydrogen) atoms. The molecule has 0 amide bonds. The van der Waals surface area contributed by atoms with Crippen LogP contribution in [0.5, 0.6) is 0 Å². The normalized spacial score (nSPS) is 3.57. The van der Waals surface area contributed by atoms with Crippen LogP contribution in [-0.2, 0) is 0 Å². The van der Waals surface area contributed by atoms with Gasteiger partial charge in [0, 0.05) is 88.7 Å². The zero-order chi connectivity index (χ0) is 3.58. The molecule has 2 nitrogen and oxygen atoms in total. The third-order valence-corrected chi connectivity index (χ3v) is 0. The number of hydrogen-bond acceptors (Lipinski definition) is 1.